The van der Waals surface area contributed by atoms with Gasteiger partial charge in [0.2, 0.25) is 0 Å². The van der Waals surface area contributed by atoms with E-state index in [1.807, 2.05) is 20.8 Å². The number of hydrogen-bond donors (Lipinski definition) is 2. The minimum atomic E-state index is -3.55. The van der Waals surface area contributed by atoms with Crippen LogP contribution in [0, 0.1) is 5.92 Å². The summed E-state index contributed by atoms with van der Waals surface area (Å²) in [6.07, 6.45) is 1.45. The maximum absolute atomic E-state index is 12.3. The van der Waals surface area contributed by atoms with Crippen LogP contribution in [0.25, 0.3) is 0 Å². The third-order valence-corrected chi connectivity index (χ3v) is 5.03. The molecular weight excluding hydrogens is 240 g/mol. The Balaban J connectivity index is 3.12. The molecule has 1 unspecified atom stereocenters. The van der Waals surface area contributed by atoms with Gasteiger partial charge in [0.25, 0.3) is 10.0 Å². The predicted molar refractivity (Wildman–Crippen MR) is 65.7 cm³/mol. The Morgan fingerprint density at radius 3 is 2.53 bits per heavy atom. The zero-order chi connectivity index (χ0) is 13.2. The van der Waals surface area contributed by atoms with Gasteiger partial charge in [0.1, 0.15) is 0 Å². The number of nitrogens with one attached hydrogen (secondary N) is 1. The molecule has 0 spiro atoms. The van der Waals surface area contributed by atoms with Crippen molar-refractivity contribution in [3.05, 3.63) is 11.8 Å². The van der Waals surface area contributed by atoms with Crippen molar-refractivity contribution in [2.75, 3.05) is 7.05 Å². The first-order valence-electron chi connectivity index (χ1n) is 5.52. The summed E-state index contributed by atoms with van der Waals surface area (Å²) in [7, 11) is -1.98. The molecule has 0 aliphatic heterocycles. The number of rotatable bonds is 5. The van der Waals surface area contributed by atoms with Crippen LogP contribution in [0.3, 0.4) is 0 Å². The lowest BCUT2D eigenvalue weighted by molar-refractivity contribution is 0.314. The number of sulfonamides is 1. The molecule has 0 aliphatic carbocycles. The van der Waals surface area contributed by atoms with Gasteiger partial charge < -0.3 is 5.73 Å². The molecule has 6 nitrogen and oxygen atoms in total. The number of nitrogens with two attached hydrogens (primary N) is 1. The highest BCUT2D eigenvalue weighted by Crippen LogP contribution is 2.20. The molecule has 0 saturated carbocycles. The fourth-order valence-corrected chi connectivity index (χ4v) is 3.06. The van der Waals surface area contributed by atoms with E-state index in [9.17, 15) is 8.42 Å². The Hall–Kier alpha value is -0.920. The van der Waals surface area contributed by atoms with Gasteiger partial charge in [-0.3, -0.25) is 5.10 Å². The van der Waals surface area contributed by atoms with Crippen molar-refractivity contribution in [2.24, 2.45) is 11.7 Å². The Kier molecular flexibility index (Phi) is 4.29. The van der Waals surface area contributed by atoms with Gasteiger partial charge in [0.15, 0.2) is 5.03 Å². The second kappa shape index (κ2) is 5.16. The van der Waals surface area contributed by atoms with E-state index < -0.39 is 10.0 Å². The number of nitrogens with zero attached hydrogens (tertiary/aromatic N) is 2. The van der Waals surface area contributed by atoms with E-state index in [1.54, 1.807) is 7.05 Å². The summed E-state index contributed by atoms with van der Waals surface area (Å²) in [6.45, 7) is 5.98. The van der Waals surface area contributed by atoms with E-state index in [1.165, 1.54) is 10.5 Å². The van der Waals surface area contributed by atoms with Crippen LogP contribution in [-0.2, 0) is 16.6 Å². The Bertz CT molecular complexity index is 466. The van der Waals surface area contributed by atoms with Crippen LogP contribution in [0.15, 0.2) is 11.2 Å². The molecule has 1 rings (SSSR count). The highest BCUT2D eigenvalue weighted by molar-refractivity contribution is 7.89. The Morgan fingerprint density at radius 2 is 2.06 bits per heavy atom. The molecule has 0 bridgehead atoms. The summed E-state index contributed by atoms with van der Waals surface area (Å²) in [5.74, 6) is 0.235. The van der Waals surface area contributed by atoms with Crippen LogP contribution in [-0.4, -0.2) is 36.0 Å². The van der Waals surface area contributed by atoms with Crippen molar-refractivity contribution in [2.45, 2.75) is 38.4 Å². The van der Waals surface area contributed by atoms with E-state index in [2.05, 4.69) is 10.2 Å². The third-order valence-electron chi connectivity index (χ3n) is 3.07. The molecular formula is C10H20N4O2S. The molecule has 0 aromatic carbocycles. The number of H-pyrrole nitrogens is 1. The average Bonchev–Trinajstić information content (AvgIpc) is 2.75. The topological polar surface area (TPSA) is 92.1 Å². The monoisotopic (exact) mass is 260 g/mol. The second-order valence-electron chi connectivity index (χ2n) is 4.43. The van der Waals surface area contributed by atoms with Crippen LogP contribution in [0.1, 0.15) is 26.3 Å². The van der Waals surface area contributed by atoms with E-state index in [0.29, 0.717) is 5.56 Å². The average molecular weight is 260 g/mol. The third kappa shape index (κ3) is 2.67. The Morgan fingerprint density at radius 1 is 1.47 bits per heavy atom. The number of aromatic amines is 1. The lowest BCUT2D eigenvalue weighted by Crippen LogP contribution is -2.38. The maximum Gasteiger partial charge on any atom is 0.260 e. The molecule has 17 heavy (non-hydrogen) atoms. The minimum absolute atomic E-state index is 0.0890. The molecule has 0 saturated heterocycles. The molecule has 3 N–H and O–H groups in total. The molecule has 0 amide bonds. The van der Waals surface area contributed by atoms with E-state index in [-0.39, 0.29) is 23.5 Å². The molecule has 1 atom stereocenters. The van der Waals surface area contributed by atoms with Gasteiger partial charge in [-0.15, -0.1) is 0 Å². The van der Waals surface area contributed by atoms with Crippen LogP contribution < -0.4 is 5.73 Å². The smallest absolute Gasteiger partial charge is 0.260 e. The van der Waals surface area contributed by atoms with E-state index in [0.717, 1.165) is 0 Å². The zero-order valence-electron chi connectivity index (χ0n) is 10.6. The SMILES string of the molecule is CC(C)C(C)N(C)S(=O)(=O)c1[nH]ncc1CN. The molecule has 0 fully saturated rings. The molecule has 1 aromatic heterocycles. The molecule has 0 aliphatic rings. The van der Waals surface area contributed by atoms with Gasteiger partial charge in [-0.1, -0.05) is 13.8 Å². The van der Waals surface area contributed by atoms with Crippen LogP contribution in [0.2, 0.25) is 0 Å². The largest absolute Gasteiger partial charge is 0.326 e. The van der Waals surface area contributed by atoms with Crippen molar-refractivity contribution in [3.63, 3.8) is 0 Å². The van der Waals surface area contributed by atoms with Gasteiger partial charge in [0, 0.05) is 25.2 Å². The quantitative estimate of drug-likeness (QED) is 0.808. The van der Waals surface area contributed by atoms with Crippen molar-refractivity contribution in [3.8, 4) is 0 Å². The normalized spacial score (nSPS) is 14.5. The van der Waals surface area contributed by atoms with Crippen LogP contribution >= 0.6 is 0 Å². The second-order valence-corrected chi connectivity index (χ2v) is 6.37. The summed E-state index contributed by atoms with van der Waals surface area (Å²) in [4.78, 5) is 0. The molecule has 0 radical (unpaired) electrons. The van der Waals surface area contributed by atoms with Crippen molar-refractivity contribution in [1.29, 1.82) is 0 Å². The van der Waals surface area contributed by atoms with Crippen molar-refractivity contribution < 1.29 is 8.42 Å². The predicted octanol–water partition coefficient (Wildman–Crippen LogP) is 0.533. The van der Waals surface area contributed by atoms with Gasteiger partial charge in [0.05, 0.1) is 6.20 Å². The maximum atomic E-state index is 12.3. The van der Waals surface area contributed by atoms with Crippen molar-refractivity contribution >= 4 is 10.0 Å². The van der Waals surface area contributed by atoms with Gasteiger partial charge >= 0.3 is 0 Å². The van der Waals surface area contributed by atoms with Gasteiger partial charge in [-0.05, 0) is 12.8 Å². The van der Waals surface area contributed by atoms with Gasteiger partial charge in [-0.25, -0.2) is 8.42 Å². The summed E-state index contributed by atoms with van der Waals surface area (Å²) in [6, 6.07) is -0.0890. The molecule has 1 aromatic rings. The first kappa shape index (κ1) is 14.1. The minimum Gasteiger partial charge on any atom is -0.326 e. The zero-order valence-corrected chi connectivity index (χ0v) is 11.5. The Labute approximate surface area is 102 Å². The van der Waals surface area contributed by atoms with Crippen LogP contribution in [0.5, 0.6) is 0 Å². The summed E-state index contributed by atoms with van der Waals surface area (Å²) < 4.78 is 26.0. The molecule has 1 heterocycles. The lowest BCUT2D eigenvalue weighted by Gasteiger charge is -2.26. The highest BCUT2D eigenvalue weighted by atomic mass is 32.2. The molecule has 7 heteroatoms. The first-order chi connectivity index (χ1) is 7.82. The first-order valence-corrected chi connectivity index (χ1v) is 6.96. The fraction of sp³-hybridized carbons (Fsp3) is 0.700. The van der Waals surface area contributed by atoms with Crippen molar-refractivity contribution in [1.82, 2.24) is 14.5 Å². The number of hydrogen-bond acceptors (Lipinski definition) is 4. The van der Waals surface area contributed by atoms with Gasteiger partial charge in [-0.2, -0.15) is 9.40 Å². The summed E-state index contributed by atoms with van der Waals surface area (Å²) in [5.41, 5.74) is 5.99. The highest BCUT2D eigenvalue weighted by Gasteiger charge is 2.30. The van der Waals surface area contributed by atoms with E-state index in [4.69, 9.17) is 5.73 Å². The summed E-state index contributed by atoms with van der Waals surface area (Å²) in [5, 5.41) is 6.34. The summed E-state index contributed by atoms with van der Waals surface area (Å²) >= 11 is 0. The van der Waals surface area contributed by atoms with E-state index >= 15 is 0 Å². The number of aromatic nitrogens is 2. The standard InChI is InChI=1S/C10H20N4O2S/c1-7(2)8(3)14(4)17(15,16)10-9(5-11)6-12-13-10/h6-8H,5,11H2,1-4H3,(H,12,13). The molecule has 98 valence electrons. The van der Waals surface area contributed by atoms with Crippen LogP contribution in [0.4, 0.5) is 0 Å². The fourth-order valence-electron chi connectivity index (χ4n) is 1.45. The lowest BCUT2D eigenvalue weighted by atomic mass is 10.1.